The van der Waals surface area contributed by atoms with E-state index in [1.807, 2.05) is 6.92 Å². The van der Waals surface area contributed by atoms with Crippen molar-refractivity contribution in [3.63, 3.8) is 0 Å². The second-order valence-electron chi connectivity index (χ2n) is 20.5. The second-order valence-corrected chi connectivity index (χ2v) is 27.0. The molecule has 2 fully saturated rings. The fraction of sp³-hybridized carbons (Fsp3) is 0.644. The Hall–Kier alpha value is -2.37. The molecular weight excluding hydrogens is 691 g/mol. The summed E-state index contributed by atoms with van der Waals surface area (Å²) in [7, 11) is -2.99. The van der Waals surface area contributed by atoms with Crippen LogP contribution < -0.4 is 0 Å². The van der Waals surface area contributed by atoms with E-state index in [-0.39, 0.29) is 40.2 Å². The highest BCUT2D eigenvalue weighted by Gasteiger charge is 2.68. The van der Waals surface area contributed by atoms with Crippen LogP contribution in [0.1, 0.15) is 126 Å². The number of nitrogens with zero attached hydrogens (tertiary/aromatic N) is 1. The molecule has 6 aliphatic rings. The summed E-state index contributed by atoms with van der Waals surface area (Å²) in [5.74, 6) is 0.939. The normalized spacial score (nSPS) is 37.8. The van der Waals surface area contributed by atoms with Gasteiger partial charge in [-0.15, -0.1) is 0 Å². The first-order valence-electron chi connectivity index (χ1n) is 20.2. The topological polar surface area (TPSA) is 66.8 Å². The highest BCUT2D eigenvalue weighted by atomic mass is 28.4. The minimum atomic E-state index is -1.87. The summed E-state index contributed by atoms with van der Waals surface area (Å²) in [6.07, 6.45) is 12.2. The molecule has 9 atom stereocenters. The zero-order chi connectivity index (χ0) is 38.6. The Labute approximate surface area is 320 Å². The summed E-state index contributed by atoms with van der Waals surface area (Å²) in [6, 6.07) is 2.02. The number of hydrogen-bond acceptors (Lipinski definition) is 5. The lowest BCUT2D eigenvalue weighted by Crippen LogP contribution is -2.63. The van der Waals surface area contributed by atoms with Gasteiger partial charge in [-0.1, -0.05) is 39.0 Å². The van der Waals surface area contributed by atoms with Gasteiger partial charge in [0.25, 0.3) is 0 Å². The lowest BCUT2D eigenvalue weighted by molar-refractivity contribution is -0.140. The number of aromatic nitrogens is 1. The molecule has 53 heavy (non-hydrogen) atoms. The van der Waals surface area contributed by atoms with Crippen LogP contribution in [0.15, 0.2) is 36.4 Å². The SMILES string of the molecule is C=C(C)[C@H]1C(=O)c2c3c(cc4c5c(n1c24)[C@@]1(C)C(CCC2[C@](C)(/C=C/C=O)C(O[Si](C)(C)C)CC[C@@]21C)C5)C1=CC(C)(C)OC(C)(C)C1C3O[Si](C)C. The number of allylic oxidation sites excluding steroid dienone is 2. The number of aldehydes is 1. The number of carbonyl (C=O) groups is 2. The van der Waals surface area contributed by atoms with Crippen molar-refractivity contribution in [2.45, 2.75) is 155 Å². The van der Waals surface area contributed by atoms with Crippen molar-refractivity contribution in [2.75, 3.05) is 0 Å². The van der Waals surface area contributed by atoms with Gasteiger partial charge in [0.15, 0.2) is 14.1 Å². The van der Waals surface area contributed by atoms with Gasteiger partial charge >= 0.3 is 0 Å². The summed E-state index contributed by atoms with van der Waals surface area (Å²) >= 11 is 0. The molecular formula is C45H62NO5Si2. The number of hydrogen-bond donors (Lipinski definition) is 0. The van der Waals surface area contributed by atoms with Crippen molar-refractivity contribution in [1.29, 1.82) is 0 Å². The van der Waals surface area contributed by atoms with Crippen molar-refractivity contribution >= 4 is 45.9 Å². The molecule has 4 aliphatic carbocycles. The third-order valence-electron chi connectivity index (χ3n) is 14.9. The molecule has 1 aromatic carbocycles. The predicted molar refractivity (Wildman–Crippen MR) is 218 cm³/mol. The first kappa shape index (κ1) is 37.6. The maximum absolute atomic E-state index is 15.3. The van der Waals surface area contributed by atoms with Gasteiger partial charge in [-0.25, -0.2) is 0 Å². The molecule has 0 amide bonds. The molecule has 5 unspecified atom stereocenters. The fourth-order valence-corrected chi connectivity index (χ4v) is 15.3. The molecule has 0 spiro atoms. The van der Waals surface area contributed by atoms with E-state index in [2.05, 4.69) is 111 Å². The van der Waals surface area contributed by atoms with Gasteiger partial charge in [-0.05, 0) is 152 Å². The van der Waals surface area contributed by atoms with Crippen LogP contribution >= 0.6 is 0 Å². The molecule has 6 nitrogen and oxygen atoms in total. The standard InChI is InChI=1S/C45H62NO5Si2/c1-25(2)36-38(48)34-33-27(30-24-41(3,4)51-42(5,6)35(30)39(33)49-52(10)11)23-28-29-22-26-16-17-31-43(7,19-15-21-47)32(50-53(12,13)14)18-20-44(31,8)45(26,9)40(29)46(36)37(28)34/h15,19,21,23-24,26,31-32,35-36,39H,1,16-18,20,22H2,2-14H3/b19-15+/t26?,31?,32?,35?,36-,39?,43-,44-,45+/m0/s1. The van der Waals surface area contributed by atoms with E-state index in [1.165, 1.54) is 27.8 Å². The van der Waals surface area contributed by atoms with E-state index in [1.54, 1.807) is 6.08 Å². The molecule has 8 rings (SSSR count). The van der Waals surface area contributed by atoms with Crippen LogP contribution in [0.2, 0.25) is 32.7 Å². The zero-order valence-corrected chi connectivity index (χ0v) is 36.6. The van der Waals surface area contributed by atoms with Crippen molar-refractivity contribution in [3.05, 3.63) is 64.4 Å². The van der Waals surface area contributed by atoms with Crippen molar-refractivity contribution in [1.82, 2.24) is 4.57 Å². The Morgan fingerprint density at radius 1 is 1.08 bits per heavy atom. The largest absolute Gasteiger partial charge is 0.414 e. The average molecular weight is 753 g/mol. The third-order valence-corrected chi connectivity index (χ3v) is 16.7. The Kier molecular flexibility index (Phi) is 8.21. The van der Waals surface area contributed by atoms with Gasteiger partial charge in [0, 0.05) is 33.4 Å². The molecule has 2 aromatic rings. The molecule has 0 N–H and O–H groups in total. The van der Waals surface area contributed by atoms with Crippen LogP contribution in [0.3, 0.4) is 0 Å². The highest BCUT2D eigenvalue weighted by molar-refractivity contribution is 6.69. The Morgan fingerprint density at radius 2 is 1.77 bits per heavy atom. The summed E-state index contributed by atoms with van der Waals surface area (Å²) in [4.78, 5) is 27.2. The summed E-state index contributed by atoms with van der Waals surface area (Å²) in [5.41, 5.74) is 7.71. The first-order chi connectivity index (χ1) is 24.5. The number of benzene rings is 1. The van der Waals surface area contributed by atoms with Crippen molar-refractivity contribution in [3.8, 4) is 0 Å². The number of fused-ring (bicyclic) bond motifs is 11. The smallest absolute Gasteiger partial charge is 0.205 e. The first-order valence-corrected chi connectivity index (χ1v) is 26.0. The molecule has 8 heteroatoms. The van der Waals surface area contributed by atoms with E-state index in [9.17, 15) is 4.79 Å². The van der Waals surface area contributed by atoms with Gasteiger partial charge in [-0.2, -0.15) is 0 Å². The lowest BCUT2D eigenvalue weighted by Gasteiger charge is -2.65. The Balaban J connectivity index is 1.39. The van der Waals surface area contributed by atoms with Crippen LogP contribution in [-0.2, 0) is 30.2 Å². The van der Waals surface area contributed by atoms with E-state index in [0.29, 0.717) is 11.8 Å². The van der Waals surface area contributed by atoms with Crippen LogP contribution in [0.25, 0.3) is 16.5 Å². The van der Waals surface area contributed by atoms with E-state index in [4.69, 9.17) is 13.6 Å². The molecule has 3 heterocycles. The van der Waals surface area contributed by atoms with E-state index >= 15 is 4.79 Å². The lowest BCUT2D eigenvalue weighted by atomic mass is 9.40. The van der Waals surface area contributed by atoms with Crippen molar-refractivity contribution in [2.24, 2.45) is 28.6 Å². The summed E-state index contributed by atoms with van der Waals surface area (Å²) in [5, 5.41) is 1.25. The molecule has 0 saturated heterocycles. The summed E-state index contributed by atoms with van der Waals surface area (Å²) in [6.45, 7) is 34.0. The fourth-order valence-electron chi connectivity index (χ4n) is 13.3. The number of Topliss-reactive ketones (excluding diaryl/α,β-unsaturated/α-hetero) is 1. The minimum absolute atomic E-state index is 0.00298. The molecule has 285 valence electrons. The van der Waals surface area contributed by atoms with Gasteiger partial charge in [-0.3, -0.25) is 9.59 Å². The maximum atomic E-state index is 15.3. The van der Waals surface area contributed by atoms with Crippen LogP contribution in [0.4, 0.5) is 0 Å². The highest BCUT2D eigenvalue weighted by Crippen LogP contribution is 2.72. The van der Waals surface area contributed by atoms with Gasteiger partial charge < -0.3 is 18.2 Å². The Bertz CT molecular complexity index is 2030. The molecule has 1 aromatic heterocycles. The predicted octanol–water partition coefficient (Wildman–Crippen LogP) is 10.5. The van der Waals surface area contributed by atoms with Crippen LogP contribution in [0.5, 0.6) is 0 Å². The van der Waals surface area contributed by atoms with Gasteiger partial charge in [0.1, 0.15) is 12.3 Å². The monoisotopic (exact) mass is 752 g/mol. The zero-order valence-electron chi connectivity index (χ0n) is 34.6. The van der Waals surface area contributed by atoms with Gasteiger partial charge in [0.05, 0.1) is 34.5 Å². The average Bonchev–Trinajstić information content (AvgIpc) is 3.70. The van der Waals surface area contributed by atoms with E-state index in [0.717, 1.165) is 60.6 Å². The number of carbonyl (C=O) groups excluding carboxylic acids is 2. The van der Waals surface area contributed by atoms with Crippen molar-refractivity contribution < 1.29 is 23.2 Å². The molecule has 0 bridgehead atoms. The number of ether oxygens (including phenoxy) is 1. The second kappa shape index (κ2) is 11.6. The maximum Gasteiger partial charge on any atom is 0.205 e. The number of rotatable bonds is 7. The van der Waals surface area contributed by atoms with Crippen LogP contribution in [0, 0.1) is 28.6 Å². The molecule has 1 radical (unpaired) electrons. The number of ketones is 1. The quantitative estimate of drug-likeness (QED) is 0.122. The molecule has 2 aliphatic heterocycles. The third kappa shape index (κ3) is 4.96. The molecule has 2 saturated carbocycles. The Morgan fingerprint density at radius 3 is 2.40 bits per heavy atom. The van der Waals surface area contributed by atoms with E-state index < -0.39 is 34.6 Å². The van der Waals surface area contributed by atoms with Crippen LogP contribution in [-0.4, -0.2) is 51.3 Å². The minimum Gasteiger partial charge on any atom is -0.414 e. The summed E-state index contributed by atoms with van der Waals surface area (Å²) < 4.78 is 23.3. The van der Waals surface area contributed by atoms with Gasteiger partial charge in [0.2, 0.25) is 9.04 Å².